The summed E-state index contributed by atoms with van der Waals surface area (Å²) in [7, 11) is 0. The molecule has 1 rings (SSSR count). The van der Waals surface area contributed by atoms with Gasteiger partial charge in [0.15, 0.2) is 0 Å². The van der Waals surface area contributed by atoms with Gasteiger partial charge in [-0.3, -0.25) is 0 Å². The van der Waals surface area contributed by atoms with Crippen LogP contribution in [0.4, 0.5) is 0 Å². The number of aliphatic hydroxyl groups excluding tert-OH is 1. The minimum atomic E-state index is -0.768. The molecule has 0 aliphatic rings. The normalized spacial score (nSPS) is 15.4. The van der Waals surface area contributed by atoms with E-state index in [0.717, 1.165) is 12.0 Å². The molecule has 2 atom stereocenters. The van der Waals surface area contributed by atoms with Crippen LogP contribution in [0.25, 0.3) is 0 Å². The molecule has 1 heterocycles. The van der Waals surface area contributed by atoms with Crippen LogP contribution in [0.15, 0.2) is 39.1 Å². The second kappa shape index (κ2) is 7.84. The van der Waals surface area contributed by atoms with Gasteiger partial charge in [0, 0.05) is 12.5 Å². The topological polar surface area (TPSA) is 70.7 Å². The molecule has 0 saturated carbocycles. The van der Waals surface area contributed by atoms with Crippen molar-refractivity contribution in [3.05, 3.63) is 51.6 Å². The maximum absolute atomic E-state index is 11.4. The van der Waals surface area contributed by atoms with E-state index in [1.54, 1.807) is 6.08 Å². The van der Waals surface area contributed by atoms with Crippen LogP contribution < -0.4 is 5.63 Å². The molecule has 0 aliphatic carbocycles. The Labute approximate surface area is 125 Å². The van der Waals surface area contributed by atoms with Crippen LogP contribution >= 0.6 is 0 Å². The first-order valence-corrected chi connectivity index (χ1v) is 7.20. The van der Waals surface area contributed by atoms with E-state index >= 15 is 0 Å². The molecule has 1 aromatic rings. The van der Waals surface area contributed by atoms with E-state index in [-0.39, 0.29) is 23.5 Å². The van der Waals surface area contributed by atoms with E-state index in [1.165, 1.54) is 13.0 Å². The zero-order valence-electron chi connectivity index (χ0n) is 13.1. The highest BCUT2D eigenvalue weighted by Gasteiger charge is 2.09. The molecular weight excluding hydrogens is 268 g/mol. The van der Waals surface area contributed by atoms with Gasteiger partial charge in [-0.1, -0.05) is 44.1 Å². The highest BCUT2D eigenvalue weighted by Crippen LogP contribution is 2.15. The van der Waals surface area contributed by atoms with E-state index in [1.807, 2.05) is 13.0 Å². The largest absolute Gasteiger partial charge is 0.507 e. The van der Waals surface area contributed by atoms with Gasteiger partial charge in [0.2, 0.25) is 0 Å². The van der Waals surface area contributed by atoms with Crippen molar-refractivity contribution in [3.63, 3.8) is 0 Å². The lowest BCUT2D eigenvalue weighted by molar-refractivity contribution is 0.212. The number of hydrogen-bond acceptors (Lipinski definition) is 4. The SMILES string of the molecule is CC[C@H](C)C=C(C)C=C[C@H](O)Cc1cc(O)c(C)c(=O)o1. The molecule has 0 radical (unpaired) electrons. The predicted octanol–water partition coefficient (Wildman–Crippen LogP) is 3.11. The van der Waals surface area contributed by atoms with Crippen LogP contribution in [0.2, 0.25) is 0 Å². The summed E-state index contributed by atoms with van der Waals surface area (Å²) in [5.74, 6) is 0.660. The van der Waals surface area contributed by atoms with Crippen molar-refractivity contribution < 1.29 is 14.6 Å². The molecule has 0 saturated heterocycles. The molecule has 21 heavy (non-hydrogen) atoms. The fourth-order valence-corrected chi connectivity index (χ4v) is 1.85. The standard InChI is InChI=1S/C17H24O4/c1-5-11(2)8-12(3)6-7-14(18)9-15-10-16(19)13(4)17(20)21-15/h6-8,10-11,14,18-19H,5,9H2,1-4H3/t11-,14-/m0/s1. The third-order valence-corrected chi connectivity index (χ3v) is 3.39. The second-order valence-corrected chi connectivity index (χ2v) is 5.44. The van der Waals surface area contributed by atoms with Crippen molar-refractivity contribution >= 4 is 0 Å². The monoisotopic (exact) mass is 292 g/mol. The van der Waals surface area contributed by atoms with Crippen molar-refractivity contribution in [2.45, 2.75) is 46.6 Å². The van der Waals surface area contributed by atoms with E-state index in [4.69, 9.17) is 4.42 Å². The zero-order valence-corrected chi connectivity index (χ0v) is 13.1. The highest BCUT2D eigenvalue weighted by atomic mass is 16.4. The van der Waals surface area contributed by atoms with Gasteiger partial charge in [-0.05, 0) is 19.8 Å². The Hall–Kier alpha value is -1.81. The summed E-state index contributed by atoms with van der Waals surface area (Å²) in [6, 6.07) is 1.37. The summed E-state index contributed by atoms with van der Waals surface area (Å²) in [6.45, 7) is 7.73. The van der Waals surface area contributed by atoms with Gasteiger partial charge >= 0.3 is 5.63 Å². The fourth-order valence-electron chi connectivity index (χ4n) is 1.85. The lowest BCUT2D eigenvalue weighted by Crippen LogP contribution is -2.11. The Morgan fingerprint density at radius 1 is 1.48 bits per heavy atom. The zero-order chi connectivity index (χ0) is 16.0. The van der Waals surface area contributed by atoms with Gasteiger partial charge in [-0.2, -0.15) is 0 Å². The number of allylic oxidation sites excluding steroid dienone is 3. The van der Waals surface area contributed by atoms with Crippen molar-refractivity contribution in [2.75, 3.05) is 0 Å². The number of aliphatic hydroxyl groups is 1. The highest BCUT2D eigenvalue weighted by molar-refractivity contribution is 5.29. The van der Waals surface area contributed by atoms with Gasteiger partial charge in [0.05, 0.1) is 11.7 Å². The maximum Gasteiger partial charge on any atom is 0.342 e. The van der Waals surface area contributed by atoms with E-state index in [9.17, 15) is 15.0 Å². The number of rotatable bonds is 6. The van der Waals surface area contributed by atoms with Gasteiger partial charge in [0.25, 0.3) is 0 Å². The summed E-state index contributed by atoms with van der Waals surface area (Å²) in [5.41, 5.74) is 0.682. The lowest BCUT2D eigenvalue weighted by Gasteiger charge is -2.06. The molecule has 0 unspecified atom stereocenters. The average Bonchev–Trinajstić information content (AvgIpc) is 2.42. The summed E-state index contributed by atoms with van der Waals surface area (Å²) in [4.78, 5) is 11.4. The average molecular weight is 292 g/mol. The third kappa shape index (κ3) is 5.60. The van der Waals surface area contributed by atoms with Crippen molar-refractivity contribution in [2.24, 2.45) is 5.92 Å². The van der Waals surface area contributed by atoms with Crippen molar-refractivity contribution in [1.82, 2.24) is 0 Å². The molecule has 0 spiro atoms. The van der Waals surface area contributed by atoms with Gasteiger partial charge in [-0.15, -0.1) is 0 Å². The quantitative estimate of drug-likeness (QED) is 0.790. The molecule has 0 fully saturated rings. The first-order valence-electron chi connectivity index (χ1n) is 7.20. The van der Waals surface area contributed by atoms with E-state index < -0.39 is 11.7 Å². The summed E-state index contributed by atoms with van der Waals surface area (Å²) in [5, 5.41) is 19.5. The molecule has 0 bridgehead atoms. The van der Waals surface area contributed by atoms with Crippen molar-refractivity contribution in [3.8, 4) is 5.75 Å². The van der Waals surface area contributed by atoms with Crippen LogP contribution in [0.5, 0.6) is 5.75 Å². The molecular formula is C17H24O4. The van der Waals surface area contributed by atoms with Gasteiger partial charge in [-0.25, -0.2) is 4.79 Å². The summed E-state index contributed by atoms with van der Waals surface area (Å²) >= 11 is 0. The minimum absolute atomic E-state index is 0.106. The number of aromatic hydroxyl groups is 1. The van der Waals surface area contributed by atoms with Crippen LogP contribution in [0, 0.1) is 12.8 Å². The Balaban J connectivity index is 2.72. The van der Waals surface area contributed by atoms with E-state index in [2.05, 4.69) is 19.9 Å². The molecule has 0 aromatic carbocycles. The van der Waals surface area contributed by atoms with Crippen LogP contribution in [0.3, 0.4) is 0 Å². The maximum atomic E-state index is 11.4. The molecule has 116 valence electrons. The Morgan fingerprint density at radius 3 is 2.71 bits per heavy atom. The van der Waals surface area contributed by atoms with Crippen LogP contribution in [-0.2, 0) is 6.42 Å². The minimum Gasteiger partial charge on any atom is -0.507 e. The van der Waals surface area contributed by atoms with Crippen molar-refractivity contribution in [1.29, 1.82) is 0 Å². The third-order valence-electron chi connectivity index (χ3n) is 3.39. The van der Waals surface area contributed by atoms with Crippen LogP contribution in [-0.4, -0.2) is 16.3 Å². The fraction of sp³-hybridized carbons (Fsp3) is 0.471. The predicted molar refractivity (Wildman–Crippen MR) is 83.4 cm³/mol. The smallest absolute Gasteiger partial charge is 0.342 e. The Bertz CT molecular complexity index is 581. The Kier molecular flexibility index (Phi) is 6.43. The molecule has 2 N–H and O–H groups in total. The summed E-state index contributed by atoms with van der Waals surface area (Å²) in [6.07, 6.45) is 6.10. The molecule has 1 aromatic heterocycles. The molecule has 0 aliphatic heterocycles. The molecule has 4 nitrogen and oxygen atoms in total. The van der Waals surface area contributed by atoms with E-state index in [0.29, 0.717) is 5.92 Å². The first kappa shape index (κ1) is 17.2. The lowest BCUT2D eigenvalue weighted by atomic mass is 10.0. The Morgan fingerprint density at radius 2 is 2.14 bits per heavy atom. The number of hydrogen-bond donors (Lipinski definition) is 2. The van der Waals surface area contributed by atoms with Gasteiger partial charge in [0.1, 0.15) is 11.5 Å². The molecule has 0 amide bonds. The molecule has 4 heteroatoms. The van der Waals surface area contributed by atoms with Crippen LogP contribution in [0.1, 0.15) is 38.5 Å². The summed E-state index contributed by atoms with van der Waals surface area (Å²) < 4.78 is 5.02. The first-order chi connectivity index (χ1) is 9.83. The van der Waals surface area contributed by atoms with Gasteiger partial charge < -0.3 is 14.6 Å². The second-order valence-electron chi connectivity index (χ2n) is 5.44.